The minimum atomic E-state index is 0.0507. The van der Waals surface area contributed by atoms with Crippen LogP contribution in [0, 0.1) is 5.92 Å². The number of hydrogen-bond donors (Lipinski definition) is 0. The fourth-order valence-corrected chi connectivity index (χ4v) is 2.82. The van der Waals surface area contributed by atoms with Crippen molar-refractivity contribution >= 4 is 0 Å². The van der Waals surface area contributed by atoms with Crippen molar-refractivity contribution in [3.05, 3.63) is 52.8 Å². The van der Waals surface area contributed by atoms with Crippen LogP contribution in [0.15, 0.2) is 41.7 Å². The van der Waals surface area contributed by atoms with Crippen LogP contribution in [0.2, 0.25) is 0 Å². The Balaban J connectivity index is 1.45. The largest absolute Gasteiger partial charge is 0.476 e. The molecule has 0 N–H and O–H groups in total. The van der Waals surface area contributed by atoms with Crippen LogP contribution in [-0.4, -0.2) is 39.1 Å². The van der Waals surface area contributed by atoms with Gasteiger partial charge in [0.1, 0.15) is 0 Å². The van der Waals surface area contributed by atoms with E-state index in [1.54, 1.807) is 36.3 Å². The number of ether oxygens (including phenoxy) is 1. The summed E-state index contributed by atoms with van der Waals surface area (Å²) in [5.74, 6) is 1.15. The standard InChI is InChI=1S/C17H22N4O2/c1-20-7-2-15(10-17(20)22)12-21-8-3-14(4-9-21)13-23-16-11-18-5-6-19-16/h2,5-7,10-11,14H,3-4,8-9,12-13H2,1H3. The van der Waals surface area contributed by atoms with Gasteiger partial charge in [0.15, 0.2) is 0 Å². The van der Waals surface area contributed by atoms with Crippen LogP contribution >= 0.6 is 0 Å². The highest BCUT2D eigenvalue weighted by Gasteiger charge is 2.20. The molecular weight excluding hydrogens is 292 g/mol. The third-order valence-corrected chi connectivity index (χ3v) is 4.29. The van der Waals surface area contributed by atoms with Gasteiger partial charge in [-0.3, -0.25) is 14.7 Å². The fraction of sp³-hybridized carbons (Fsp3) is 0.471. The van der Waals surface area contributed by atoms with E-state index in [1.165, 1.54) is 0 Å². The Hall–Kier alpha value is -2.21. The first kappa shape index (κ1) is 15.7. The van der Waals surface area contributed by atoms with Gasteiger partial charge in [-0.2, -0.15) is 0 Å². The number of rotatable bonds is 5. The summed E-state index contributed by atoms with van der Waals surface area (Å²) in [5.41, 5.74) is 1.14. The number of nitrogens with zero attached hydrogens (tertiary/aromatic N) is 4. The zero-order valence-electron chi connectivity index (χ0n) is 13.4. The normalized spacial score (nSPS) is 16.4. The summed E-state index contributed by atoms with van der Waals surface area (Å²) in [6, 6.07) is 3.74. The molecule has 0 radical (unpaired) electrons. The molecule has 0 bridgehead atoms. The Morgan fingerprint density at radius 3 is 2.83 bits per heavy atom. The van der Waals surface area contributed by atoms with Crippen molar-refractivity contribution in [2.45, 2.75) is 19.4 Å². The molecule has 122 valence electrons. The second-order valence-electron chi connectivity index (χ2n) is 6.06. The molecule has 1 aliphatic heterocycles. The summed E-state index contributed by atoms with van der Waals surface area (Å²) >= 11 is 0. The van der Waals surface area contributed by atoms with Crippen molar-refractivity contribution < 1.29 is 4.74 Å². The van der Waals surface area contributed by atoms with E-state index >= 15 is 0 Å². The van der Waals surface area contributed by atoms with Gasteiger partial charge in [-0.15, -0.1) is 0 Å². The molecule has 2 aromatic heterocycles. The van der Waals surface area contributed by atoms with Gasteiger partial charge in [0.05, 0.1) is 12.8 Å². The molecule has 0 saturated carbocycles. The monoisotopic (exact) mass is 314 g/mol. The Morgan fingerprint density at radius 2 is 2.13 bits per heavy atom. The fourth-order valence-electron chi connectivity index (χ4n) is 2.82. The molecule has 6 heteroatoms. The molecule has 6 nitrogen and oxygen atoms in total. The lowest BCUT2D eigenvalue weighted by molar-refractivity contribution is 0.134. The van der Waals surface area contributed by atoms with E-state index in [0.29, 0.717) is 18.4 Å². The molecule has 0 aliphatic carbocycles. The molecule has 0 spiro atoms. The quantitative estimate of drug-likeness (QED) is 0.836. The smallest absolute Gasteiger partial charge is 0.250 e. The Kier molecular flexibility index (Phi) is 5.02. The SMILES string of the molecule is Cn1ccc(CN2CCC(COc3cnccn3)CC2)cc1=O. The first-order valence-corrected chi connectivity index (χ1v) is 7.97. The van der Waals surface area contributed by atoms with E-state index in [-0.39, 0.29) is 5.56 Å². The zero-order valence-corrected chi connectivity index (χ0v) is 13.4. The molecular formula is C17H22N4O2. The molecule has 0 atom stereocenters. The van der Waals surface area contributed by atoms with Crippen LogP contribution in [-0.2, 0) is 13.6 Å². The van der Waals surface area contributed by atoms with Gasteiger partial charge in [0, 0.05) is 38.2 Å². The van der Waals surface area contributed by atoms with Crippen LogP contribution in [0.1, 0.15) is 18.4 Å². The second kappa shape index (κ2) is 7.37. The van der Waals surface area contributed by atoms with Gasteiger partial charge in [0.2, 0.25) is 5.88 Å². The number of aryl methyl sites for hydroxylation is 1. The Morgan fingerprint density at radius 1 is 1.30 bits per heavy atom. The summed E-state index contributed by atoms with van der Waals surface area (Å²) in [6.45, 7) is 3.60. The van der Waals surface area contributed by atoms with Gasteiger partial charge >= 0.3 is 0 Å². The number of hydrogen-bond acceptors (Lipinski definition) is 5. The van der Waals surface area contributed by atoms with Crippen molar-refractivity contribution in [3.63, 3.8) is 0 Å². The number of pyridine rings is 1. The van der Waals surface area contributed by atoms with Crippen molar-refractivity contribution in [2.75, 3.05) is 19.7 Å². The topological polar surface area (TPSA) is 60.2 Å². The van der Waals surface area contributed by atoms with Gasteiger partial charge < -0.3 is 9.30 Å². The minimum absolute atomic E-state index is 0.0507. The predicted octanol–water partition coefficient (Wildman–Crippen LogP) is 1.47. The van der Waals surface area contributed by atoms with Crippen LogP contribution in [0.25, 0.3) is 0 Å². The molecule has 23 heavy (non-hydrogen) atoms. The molecule has 0 unspecified atom stereocenters. The van der Waals surface area contributed by atoms with Crippen molar-refractivity contribution in [1.82, 2.24) is 19.4 Å². The third kappa shape index (κ3) is 4.39. The summed E-state index contributed by atoms with van der Waals surface area (Å²) in [4.78, 5) is 22.2. The van der Waals surface area contributed by atoms with E-state index in [2.05, 4.69) is 14.9 Å². The maximum atomic E-state index is 11.7. The zero-order chi connectivity index (χ0) is 16.1. The first-order chi connectivity index (χ1) is 11.2. The predicted molar refractivity (Wildman–Crippen MR) is 87.2 cm³/mol. The highest BCUT2D eigenvalue weighted by atomic mass is 16.5. The van der Waals surface area contributed by atoms with Crippen molar-refractivity contribution in [1.29, 1.82) is 0 Å². The lowest BCUT2D eigenvalue weighted by Crippen LogP contribution is -2.35. The highest BCUT2D eigenvalue weighted by molar-refractivity contribution is 5.10. The minimum Gasteiger partial charge on any atom is -0.476 e. The average Bonchev–Trinajstić information content (AvgIpc) is 2.58. The van der Waals surface area contributed by atoms with Crippen LogP contribution in [0.4, 0.5) is 0 Å². The number of piperidine rings is 1. The molecule has 1 saturated heterocycles. The lowest BCUT2D eigenvalue weighted by atomic mass is 9.97. The first-order valence-electron chi connectivity index (χ1n) is 7.97. The number of likely N-dealkylation sites (tertiary alicyclic amines) is 1. The van der Waals surface area contributed by atoms with E-state index in [1.807, 2.05) is 12.3 Å². The van der Waals surface area contributed by atoms with E-state index in [4.69, 9.17) is 4.74 Å². The summed E-state index contributed by atoms with van der Waals surface area (Å²) in [7, 11) is 1.77. The van der Waals surface area contributed by atoms with Crippen LogP contribution in [0.5, 0.6) is 5.88 Å². The van der Waals surface area contributed by atoms with Crippen molar-refractivity contribution in [3.8, 4) is 5.88 Å². The molecule has 1 fully saturated rings. The van der Waals surface area contributed by atoms with Gasteiger partial charge in [-0.1, -0.05) is 0 Å². The molecule has 0 aromatic carbocycles. The van der Waals surface area contributed by atoms with Crippen LogP contribution in [0.3, 0.4) is 0 Å². The third-order valence-electron chi connectivity index (χ3n) is 4.29. The highest BCUT2D eigenvalue weighted by Crippen LogP contribution is 2.19. The summed E-state index contributed by atoms with van der Waals surface area (Å²) < 4.78 is 7.29. The molecule has 2 aromatic rings. The van der Waals surface area contributed by atoms with Gasteiger partial charge in [-0.05, 0) is 43.5 Å². The Bertz CT molecular complexity index is 678. The summed E-state index contributed by atoms with van der Waals surface area (Å²) in [6.07, 6.45) is 8.96. The molecule has 1 aliphatic rings. The van der Waals surface area contributed by atoms with E-state index in [9.17, 15) is 4.79 Å². The molecule has 3 rings (SSSR count). The Labute approximate surface area is 135 Å². The molecule has 0 amide bonds. The maximum Gasteiger partial charge on any atom is 0.250 e. The second-order valence-corrected chi connectivity index (χ2v) is 6.06. The lowest BCUT2D eigenvalue weighted by Gasteiger charge is -2.31. The van der Waals surface area contributed by atoms with Crippen LogP contribution < -0.4 is 10.3 Å². The van der Waals surface area contributed by atoms with Crippen molar-refractivity contribution in [2.24, 2.45) is 13.0 Å². The molecule has 3 heterocycles. The maximum absolute atomic E-state index is 11.7. The van der Waals surface area contributed by atoms with E-state index in [0.717, 1.165) is 38.0 Å². The van der Waals surface area contributed by atoms with Gasteiger partial charge in [-0.25, -0.2) is 4.98 Å². The van der Waals surface area contributed by atoms with Gasteiger partial charge in [0.25, 0.3) is 5.56 Å². The van der Waals surface area contributed by atoms with E-state index < -0.39 is 0 Å². The average molecular weight is 314 g/mol. The number of aromatic nitrogens is 3. The summed E-state index contributed by atoms with van der Waals surface area (Å²) in [5, 5.41) is 0.